The van der Waals surface area contributed by atoms with Crippen molar-refractivity contribution in [2.24, 2.45) is 0 Å². The van der Waals surface area contributed by atoms with Gasteiger partial charge < -0.3 is 14.8 Å². The summed E-state index contributed by atoms with van der Waals surface area (Å²) >= 11 is 1.18. The van der Waals surface area contributed by atoms with Crippen LogP contribution in [0.2, 0.25) is 0 Å². The molecule has 1 N–H and O–H groups in total. The van der Waals surface area contributed by atoms with Gasteiger partial charge in [0.2, 0.25) is 0 Å². The second kappa shape index (κ2) is 7.05. The molecule has 0 aliphatic carbocycles. The van der Waals surface area contributed by atoms with Gasteiger partial charge in [0.1, 0.15) is 11.5 Å². The van der Waals surface area contributed by atoms with Gasteiger partial charge in [0.15, 0.2) is 0 Å². The standard InChI is InChI=1S/C14H16N2O4S/c1-19-11-4-3-10(13(7-11)20-2)8-15-9-12-5-6-14(21-12)16(17)18/h3-7,15H,8-9H2,1-2H3. The number of ether oxygens (including phenoxy) is 2. The molecule has 0 radical (unpaired) electrons. The zero-order chi connectivity index (χ0) is 15.2. The van der Waals surface area contributed by atoms with E-state index < -0.39 is 0 Å². The number of thiophene rings is 1. The van der Waals surface area contributed by atoms with E-state index in [1.165, 1.54) is 17.4 Å². The predicted octanol–water partition coefficient (Wildman–Crippen LogP) is 2.96. The summed E-state index contributed by atoms with van der Waals surface area (Å²) in [5.74, 6) is 1.49. The lowest BCUT2D eigenvalue weighted by molar-refractivity contribution is -0.380. The Morgan fingerprint density at radius 2 is 2.00 bits per heavy atom. The maximum absolute atomic E-state index is 10.6. The molecule has 1 aromatic heterocycles. The van der Waals surface area contributed by atoms with Gasteiger partial charge in [-0.15, -0.1) is 0 Å². The average Bonchev–Trinajstić information content (AvgIpc) is 2.96. The van der Waals surface area contributed by atoms with Gasteiger partial charge in [-0.1, -0.05) is 17.4 Å². The average molecular weight is 308 g/mol. The molecule has 0 aliphatic rings. The molecule has 0 bridgehead atoms. The van der Waals surface area contributed by atoms with Gasteiger partial charge in [0.25, 0.3) is 0 Å². The smallest absolute Gasteiger partial charge is 0.324 e. The van der Waals surface area contributed by atoms with Crippen molar-refractivity contribution in [2.45, 2.75) is 13.1 Å². The summed E-state index contributed by atoms with van der Waals surface area (Å²) in [6.07, 6.45) is 0. The van der Waals surface area contributed by atoms with E-state index in [0.29, 0.717) is 13.1 Å². The van der Waals surface area contributed by atoms with Crippen molar-refractivity contribution < 1.29 is 14.4 Å². The molecule has 0 unspecified atom stereocenters. The van der Waals surface area contributed by atoms with Crippen LogP contribution in [0.3, 0.4) is 0 Å². The minimum Gasteiger partial charge on any atom is -0.497 e. The van der Waals surface area contributed by atoms with Crippen LogP contribution >= 0.6 is 11.3 Å². The van der Waals surface area contributed by atoms with Gasteiger partial charge in [-0.25, -0.2) is 0 Å². The highest BCUT2D eigenvalue weighted by Gasteiger charge is 2.10. The maximum Gasteiger partial charge on any atom is 0.324 e. The summed E-state index contributed by atoms with van der Waals surface area (Å²) in [6.45, 7) is 1.19. The number of nitro groups is 1. The van der Waals surface area contributed by atoms with Crippen LogP contribution in [-0.2, 0) is 13.1 Å². The summed E-state index contributed by atoms with van der Waals surface area (Å²) in [4.78, 5) is 11.2. The third kappa shape index (κ3) is 3.93. The van der Waals surface area contributed by atoms with Gasteiger partial charge in [-0.3, -0.25) is 10.1 Å². The SMILES string of the molecule is COc1ccc(CNCc2ccc([N+](=O)[O-])s2)c(OC)c1. The maximum atomic E-state index is 10.6. The third-order valence-electron chi connectivity index (χ3n) is 2.94. The summed E-state index contributed by atoms with van der Waals surface area (Å²) < 4.78 is 10.5. The summed E-state index contributed by atoms with van der Waals surface area (Å²) in [7, 11) is 3.22. The second-order valence-corrected chi connectivity index (χ2v) is 5.43. The molecule has 0 saturated carbocycles. The topological polar surface area (TPSA) is 73.6 Å². The highest BCUT2D eigenvalue weighted by atomic mass is 32.1. The van der Waals surface area contributed by atoms with E-state index in [0.717, 1.165) is 21.9 Å². The number of hydrogen-bond acceptors (Lipinski definition) is 6. The largest absolute Gasteiger partial charge is 0.497 e. The van der Waals surface area contributed by atoms with Gasteiger partial charge in [-0.2, -0.15) is 0 Å². The fourth-order valence-corrected chi connectivity index (χ4v) is 2.67. The van der Waals surface area contributed by atoms with Crippen molar-refractivity contribution in [1.82, 2.24) is 5.32 Å². The molecule has 1 heterocycles. The van der Waals surface area contributed by atoms with Crippen LogP contribution in [-0.4, -0.2) is 19.1 Å². The van der Waals surface area contributed by atoms with E-state index >= 15 is 0 Å². The highest BCUT2D eigenvalue weighted by Crippen LogP contribution is 2.26. The van der Waals surface area contributed by atoms with Gasteiger partial charge >= 0.3 is 5.00 Å². The Labute approximate surface area is 126 Å². The Hall–Kier alpha value is -2.12. The Morgan fingerprint density at radius 1 is 1.19 bits per heavy atom. The first kappa shape index (κ1) is 15.3. The predicted molar refractivity (Wildman–Crippen MR) is 81.1 cm³/mol. The van der Waals surface area contributed by atoms with E-state index in [9.17, 15) is 10.1 Å². The fraction of sp³-hybridized carbons (Fsp3) is 0.286. The molecule has 0 aliphatic heterocycles. The molecular weight excluding hydrogens is 292 g/mol. The fourth-order valence-electron chi connectivity index (χ4n) is 1.88. The molecule has 2 rings (SSSR count). The lowest BCUT2D eigenvalue weighted by Gasteiger charge is -2.10. The number of benzene rings is 1. The van der Waals surface area contributed by atoms with Crippen molar-refractivity contribution >= 4 is 16.3 Å². The monoisotopic (exact) mass is 308 g/mol. The van der Waals surface area contributed by atoms with Crippen LogP contribution in [0.1, 0.15) is 10.4 Å². The molecule has 112 valence electrons. The summed E-state index contributed by atoms with van der Waals surface area (Å²) in [5.41, 5.74) is 1.00. The Morgan fingerprint density at radius 3 is 2.62 bits per heavy atom. The molecule has 0 saturated heterocycles. The number of nitrogens with one attached hydrogen (secondary N) is 1. The first-order chi connectivity index (χ1) is 10.1. The first-order valence-corrected chi connectivity index (χ1v) is 7.10. The highest BCUT2D eigenvalue weighted by molar-refractivity contribution is 7.15. The molecule has 0 spiro atoms. The van der Waals surface area contributed by atoms with Crippen LogP contribution < -0.4 is 14.8 Å². The van der Waals surface area contributed by atoms with Crippen LogP contribution in [0.25, 0.3) is 0 Å². The normalized spacial score (nSPS) is 10.4. The molecule has 21 heavy (non-hydrogen) atoms. The van der Waals surface area contributed by atoms with Crippen molar-refractivity contribution in [3.8, 4) is 11.5 Å². The van der Waals surface area contributed by atoms with Crippen LogP contribution in [0.15, 0.2) is 30.3 Å². The number of hydrogen-bond donors (Lipinski definition) is 1. The van der Waals surface area contributed by atoms with Crippen LogP contribution in [0.5, 0.6) is 11.5 Å². The lowest BCUT2D eigenvalue weighted by Crippen LogP contribution is -2.12. The molecule has 0 amide bonds. The molecule has 1 aromatic carbocycles. The molecule has 7 heteroatoms. The van der Waals surface area contributed by atoms with E-state index in [4.69, 9.17) is 9.47 Å². The first-order valence-electron chi connectivity index (χ1n) is 6.28. The van der Waals surface area contributed by atoms with E-state index in [-0.39, 0.29) is 9.92 Å². The Bertz CT molecular complexity index is 627. The zero-order valence-electron chi connectivity index (χ0n) is 11.8. The second-order valence-electron chi connectivity index (χ2n) is 4.28. The van der Waals surface area contributed by atoms with Crippen molar-refractivity contribution in [3.05, 3.63) is 50.9 Å². The minimum atomic E-state index is -0.374. The molecule has 6 nitrogen and oxygen atoms in total. The summed E-state index contributed by atoms with van der Waals surface area (Å²) in [6, 6.07) is 8.92. The van der Waals surface area contributed by atoms with E-state index in [2.05, 4.69) is 5.32 Å². The molecular formula is C14H16N2O4S. The number of methoxy groups -OCH3 is 2. The number of rotatable bonds is 7. The Balaban J connectivity index is 1.94. The van der Waals surface area contributed by atoms with Crippen molar-refractivity contribution in [2.75, 3.05) is 14.2 Å². The molecule has 2 aromatic rings. The van der Waals surface area contributed by atoms with E-state index in [1.807, 2.05) is 18.2 Å². The molecule has 0 fully saturated rings. The van der Waals surface area contributed by atoms with Gasteiger partial charge in [0.05, 0.1) is 19.1 Å². The third-order valence-corrected chi connectivity index (χ3v) is 3.97. The molecule has 0 atom stereocenters. The van der Waals surface area contributed by atoms with Crippen LogP contribution in [0.4, 0.5) is 5.00 Å². The van der Waals surface area contributed by atoms with Crippen molar-refractivity contribution in [1.29, 1.82) is 0 Å². The lowest BCUT2D eigenvalue weighted by atomic mass is 10.2. The quantitative estimate of drug-likeness (QED) is 0.629. The Kier molecular flexibility index (Phi) is 5.13. The number of nitrogens with zero attached hydrogens (tertiary/aromatic N) is 1. The van der Waals surface area contributed by atoms with E-state index in [1.54, 1.807) is 20.3 Å². The van der Waals surface area contributed by atoms with Gasteiger partial charge in [0, 0.05) is 35.7 Å². The summed E-state index contributed by atoms with van der Waals surface area (Å²) in [5, 5.41) is 14.0. The zero-order valence-corrected chi connectivity index (χ0v) is 12.6. The van der Waals surface area contributed by atoms with Crippen molar-refractivity contribution in [3.63, 3.8) is 0 Å². The minimum absolute atomic E-state index is 0.161. The van der Waals surface area contributed by atoms with Crippen LogP contribution in [0, 0.1) is 10.1 Å². The van der Waals surface area contributed by atoms with Gasteiger partial charge in [-0.05, 0) is 12.1 Å².